The van der Waals surface area contributed by atoms with Gasteiger partial charge in [-0.25, -0.2) is 0 Å². The molecule has 7 aromatic rings. The zero-order valence-electron chi connectivity index (χ0n) is 43.5. The van der Waals surface area contributed by atoms with Gasteiger partial charge in [-0.2, -0.15) is 0 Å². The molecular weight excluding hydrogens is 1130 g/mol. The fourth-order valence-electron chi connectivity index (χ4n) is 9.86. The van der Waals surface area contributed by atoms with Crippen molar-refractivity contribution in [2.75, 3.05) is 0 Å². The number of phenols is 4. The maximum absolute atomic E-state index is 15.3. The Morgan fingerprint density at radius 1 is 0.571 bits per heavy atom. The number of nitrogens with two attached hydrogens (primary N) is 2. The van der Waals surface area contributed by atoms with Crippen LogP contribution in [0.3, 0.4) is 0 Å². The highest BCUT2D eigenvalue weighted by molar-refractivity contribution is 6.32. The van der Waals surface area contributed by atoms with Crippen LogP contribution in [0.4, 0.5) is 0 Å². The van der Waals surface area contributed by atoms with E-state index in [2.05, 4.69) is 31.9 Å². The highest BCUT2D eigenvalue weighted by atomic mass is 35.5. The van der Waals surface area contributed by atoms with Crippen LogP contribution < -0.4 is 52.8 Å². The van der Waals surface area contributed by atoms with Gasteiger partial charge in [0, 0.05) is 28.8 Å². The first-order valence-electron chi connectivity index (χ1n) is 25.7. The van der Waals surface area contributed by atoms with E-state index in [1.54, 1.807) is 24.3 Å². The molecule has 7 aromatic carbocycles. The van der Waals surface area contributed by atoms with Gasteiger partial charge in [0.15, 0.2) is 11.5 Å². The molecule has 0 aromatic heterocycles. The molecule has 0 unspecified atom stereocenters. The molecule has 0 fully saturated rings. The molecule has 5 aliphatic rings. The van der Waals surface area contributed by atoms with Crippen LogP contribution in [0.15, 0.2) is 133 Å². The summed E-state index contributed by atoms with van der Waals surface area (Å²) in [5.41, 5.74) is 12.5. The molecule has 0 radical (unpaired) electrons. The molecule has 0 aliphatic carbocycles. The van der Waals surface area contributed by atoms with Gasteiger partial charge < -0.3 is 83.5 Å². The lowest BCUT2D eigenvalue weighted by atomic mass is 9.89. The minimum Gasteiger partial charge on any atom is -0.508 e. The fraction of sp³-hybridized carbons (Fsp3) is 0.169. The Balaban J connectivity index is 1.12. The molecule has 11 bridgehead atoms. The van der Waals surface area contributed by atoms with Gasteiger partial charge in [0.2, 0.25) is 47.1 Å². The lowest BCUT2D eigenvalue weighted by Gasteiger charge is -2.31. The Labute approximate surface area is 486 Å². The van der Waals surface area contributed by atoms with Crippen LogP contribution in [0.1, 0.15) is 70.1 Å². The molecule has 0 saturated heterocycles. The fourth-order valence-corrected chi connectivity index (χ4v) is 10.2. The van der Waals surface area contributed by atoms with E-state index in [0.29, 0.717) is 10.6 Å². The maximum Gasteiger partial charge on any atom is 0.248 e. The summed E-state index contributed by atoms with van der Waals surface area (Å²) in [6.45, 7) is -0.135. The number of aliphatic hydroxyl groups excluding tert-OH is 2. The third-order valence-corrected chi connectivity index (χ3v) is 14.8. The third-order valence-electron chi connectivity index (χ3n) is 14.3. The van der Waals surface area contributed by atoms with Crippen LogP contribution in [0, 0.1) is 0 Å². The van der Waals surface area contributed by atoms with E-state index in [9.17, 15) is 49.8 Å². The number of nitrogens with one attached hydrogen (secondary N) is 6. The van der Waals surface area contributed by atoms with Crippen molar-refractivity contribution >= 4 is 64.6 Å². The van der Waals surface area contributed by atoms with Crippen molar-refractivity contribution in [2.24, 2.45) is 11.5 Å². The van der Waals surface area contributed by atoms with E-state index in [1.165, 1.54) is 48.5 Å². The summed E-state index contributed by atoms with van der Waals surface area (Å²) in [5, 5.41) is 85.1. The normalized spacial score (nSPS) is 21.4. The second-order valence-corrected chi connectivity index (χ2v) is 20.8. The van der Waals surface area contributed by atoms with Crippen molar-refractivity contribution in [1.29, 1.82) is 0 Å². The Morgan fingerprint density at radius 2 is 1.19 bits per heavy atom. The van der Waals surface area contributed by atoms with E-state index >= 15 is 14.4 Å². The summed E-state index contributed by atoms with van der Waals surface area (Å²) < 4.78 is 12.3. The van der Waals surface area contributed by atoms with Crippen molar-refractivity contribution in [3.8, 4) is 68.2 Å². The first kappa shape index (κ1) is 57.3. The average Bonchev–Trinajstić information content (AvgIpc) is 2.71. The number of aromatic hydroxyl groups is 4. The molecule has 23 nitrogen and oxygen atoms in total. The van der Waals surface area contributed by atoms with Crippen LogP contribution in [0.5, 0.6) is 46.0 Å². The van der Waals surface area contributed by atoms with Gasteiger partial charge in [-0.1, -0.05) is 83.9 Å². The minimum atomic E-state index is -2.07. The Kier molecular flexibility index (Phi) is 16.1. The molecular formula is C59H50Cl2N8O15. The highest BCUT2D eigenvalue weighted by Crippen LogP contribution is 2.47. The van der Waals surface area contributed by atoms with Crippen molar-refractivity contribution in [2.45, 2.75) is 61.4 Å². The van der Waals surface area contributed by atoms with E-state index in [0.717, 1.165) is 47.5 Å². The number of rotatable bonds is 6. The lowest BCUT2D eigenvalue weighted by molar-refractivity contribution is -0.137. The number of phenolic OH excluding ortho intramolecular Hbond substituents is 4. The predicted octanol–water partition coefficient (Wildman–Crippen LogP) is 4.50. The van der Waals surface area contributed by atoms with Crippen molar-refractivity contribution in [3.63, 3.8) is 0 Å². The topological polar surface area (TPSA) is 384 Å². The van der Waals surface area contributed by atoms with Gasteiger partial charge in [-0.15, -0.1) is 0 Å². The number of primary amides is 1. The first-order chi connectivity index (χ1) is 40.1. The van der Waals surface area contributed by atoms with Gasteiger partial charge in [0.25, 0.3) is 0 Å². The Morgan fingerprint density at radius 3 is 1.87 bits per heavy atom. The summed E-state index contributed by atoms with van der Waals surface area (Å²) in [5.74, 6) is -12.0. The van der Waals surface area contributed by atoms with Crippen molar-refractivity contribution in [3.05, 3.63) is 177 Å². The first-order valence-corrected chi connectivity index (χ1v) is 26.4. The molecule has 25 heteroatoms. The monoisotopic (exact) mass is 1180 g/mol. The smallest absolute Gasteiger partial charge is 0.248 e. The van der Waals surface area contributed by atoms with Crippen LogP contribution in [0.25, 0.3) is 22.3 Å². The van der Waals surface area contributed by atoms with Crippen molar-refractivity contribution < 1.29 is 73.7 Å². The molecule has 0 spiro atoms. The number of aliphatic hydroxyl groups is 2. The average molecular weight is 1180 g/mol. The van der Waals surface area contributed by atoms with Gasteiger partial charge >= 0.3 is 0 Å². The molecule has 7 amide bonds. The molecule has 12 rings (SSSR count). The number of amides is 7. The number of carbonyl (C=O) groups is 7. The number of halogens is 2. The largest absolute Gasteiger partial charge is 0.508 e. The molecule has 8 atom stereocenters. The van der Waals surface area contributed by atoms with Gasteiger partial charge in [-0.05, 0) is 111 Å². The van der Waals surface area contributed by atoms with Crippen LogP contribution in [0.2, 0.25) is 10.0 Å². The van der Waals surface area contributed by atoms with Gasteiger partial charge in [0.1, 0.15) is 77.2 Å². The van der Waals surface area contributed by atoms with Gasteiger partial charge in [0.05, 0.1) is 11.4 Å². The van der Waals surface area contributed by atoms with Crippen LogP contribution >= 0.6 is 23.2 Å². The second-order valence-electron chi connectivity index (χ2n) is 19.9. The Hall–Kier alpha value is -9.91. The number of ether oxygens (including phenoxy) is 2. The third kappa shape index (κ3) is 11.9. The summed E-state index contributed by atoms with van der Waals surface area (Å²) in [6, 6.07) is 19.1. The summed E-state index contributed by atoms with van der Waals surface area (Å²) in [7, 11) is 0. The zero-order valence-corrected chi connectivity index (χ0v) is 45.0. The molecule has 16 N–H and O–H groups in total. The number of hydrogen-bond acceptors (Lipinski definition) is 16. The number of hydrogen-bond donors (Lipinski definition) is 14. The van der Waals surface area contributed by atoms with E-state index in [4.69, 9.17) is 44.1 Å². The molecule has 430 valence electrons. The zero-order chi connectivity index (χ0) is 59.8. The predicted molar refractivity (Wildman–Crippen MR) is 300 cm³/mol. The maximum atomic E-state index is 15.3. The van der Waals surface area contributed by atoms with Gasteiger partial charge in [-0.3, -0.25) is 33.6 Å². The highest BCUT2D eigenvalue weighted by Gasteiger charge is 2.41. The second kappa shape index (κ2) is 23.5. The molecule has 5 aliphatic heterocycles. The number of benzene rings is 7. The number of fused-ring (bicyclic) bond motifs is 15. The van der Waals surface area contributed by atoms with Crippen LogP contribution in [-0.4, -0.2) is 90.1 Å². The summed E-state index contributed by atoms with van der Waals surface area (Å²) >= 11 is 12.7. The quantitative estimate of drug-likeness (QED) is 0.109. The lowest BCUT2D eigenvalue weighted by Crippen LogP contribution is -2.56. The standard InChI is InChI=1S/C59H50Cl2N8O15/c60-32-11-5-27(6-12-32)26-3-1-25(2-4-26)24-64-56(79)49-36-21-33(70)22-40(72)45(36)35-17-29(9-15-39(35)71)47-57(80)69-50(59(82)68-49)52(75)28-7-13-34(14-8-28)83-42-19-31-20-43(53(42)76)84-41-16-10-30(18-37(41)61)51(74)46(63)55(78)65-38(23-44(62)73)54(77)66-48(31)58(81)67-47/h1-22,38,46-52,70-72,74-76H,23-24,63H2,(H2,62,73)(H,64,79)(H,65,78)(H,66,77)(H,67,81)(H,68,82)(H,69,80)/t38-,46+,47+,48+,49-,50-,51+,52+/m0/s1. The van der Waals surface area contributed by atoms with E-state index in [1.807, 2.05) is 24.3 Å². The molecule has 0 saturated carbocycles. The molecule has 5 heterocycles. The van der Waals surface area contributed by atoms with Crippen LogP contribution in [-0.2, 0) is 40.1 Å². The minimum absolute atomic E-state index is 0.0130. The van der Waals surface area contributed by atoms with E-state index < -0.39 is 131 Å². The van der Waals surface area contributed by atoms with Crippen molar-refractivity contribution in [1.82, 2.24) is 31.9 Å². The summed E-state index contributed by atoms with van der Waals surface area (Å²) in [4.78, 5) is 101. The van der Waals surface area contributed by atoms with E-state index in [-0.39, 0.29) is 62.0 Å². The number of carbonyl (C=O) groups excluding carboxylic acids is 7. The SMILES string of the molecule is NC(=O)C[C@@H]1NC(=O)[C@H](N)[C@H](O)c2ccc(c(Cl)c2)Oc2cc3cc(c2O)Oc2ccc(cc2)[C@@H](O)[C@@H]2NC(=O)[C@H](NC(=O)[C@@H]3NC1=O)c1ccc(O)c(c1)-c1c(O)cc(O)cc1[C@@H](C(=O)NCc1ccc(-c3ccc(Cl)cc3)cc1)NC2=O. The summed E-state index contributed by atoms with van der Waals surface area (Å²) in [6.07, 6.45) is -4.67. The molecule has 84 heavy (non-hydrogen) atoms. The Bertz CT molecular complexity index is 3810.